The monoisotopic (exact) mass is 359 g/mol. The van der Waals surface area contributed by atoms with Crippen molar-refractivity contribution >= 4 is 18.0 Å². The molecule has 1 aromatic carbocycles. The van der Waals surface area contributed by atoms with Crippen LogP contribution in [0.4, 0.5) is 0 Å². The number of hydrogen-bond donors (Lipinski definition) is 1. The molecule has 0 unspecified atom stereocenters. The van der Waals surface area contributed by atoms with Crippen LogP contribution in [0.3, 0.4) is 0 Å². The summed E-state index contributed by atoms with van der Waals surface area (Å²) in [6.45, 7) is 0.997. The van der Waals surface area contributed by atoms with E-state index in [1.54, 1.807) is 6.08 Å². The first kappa shape index (κ1) is 18.3. The molecule has 26 heavy (non-hydrogen) atoms. The molecule has 1 amide bonds. The molecule has 2 aliphatic rings. The van der Waals surface area contributed by atoms with Gasteiger partial charge in [-0.15, -0.1) is 0 Å². The number of benzene rings is 1. The number of fused-ring (bicyclic) bond motifs is 1. The van der Waals surface area contributed by atoms with Crippen LogP contribution in [0.5, 0.6) is 11.5 Å². The molecule has 140 valence electrons. The van der Waals surface area contributed by atoms with Crippen molar-refractivity contribution in [1.29, 1.82) is 0 Å². The lowest BCUT2D eigenvalue weighted by Crippen LogP contribution is -2.38. The lowest BCUT2D eigenvalue weighted by Gasteiger charge is -2.22. The molecule has 1 saturated carbocycles. The van der Waals surface area contributed by atoms with Gasteiger partial charge in [0.2, 0.25) is 0 Å². The Morgan fingerprint density at radius 1 is 1.08 bits per heavy atom. The summed E-state index contributed by atoms with van der Waals surface area (Å²) in [5.74, 6) is 0.594. The highest BCUT2D eigenvalue weighted by atomic mass is 16.5. The predicted molar refractivity (Wildman–Crippen MR) is 97.1 cm³/mol. The normalized spacial score (nSPS) is 17.5. The Labute approximate surface area is 153 Å². The van der Waals surface area contributed by atoms with Crippen molar-refractivity contribution < 1.29 is 23.8 Å². The minimum atomic E-state index is -0.545. The van der Waals surface area contributed by atoms with Crippen molar-refractivity contribution in [2.75, 3.05) is 19.8 Å². The fraction of sp³-hybridized carbons (Fsp3) is 0.500. The summed E-state index contributed by atoms with van der Waals surface area (Å²) in [7, 11) is 0. The van der Waals surface area contributed by atoms with E-state index in [4.69, 9.17) is 14.2 Å². The molecule has 0 saturated heterocycles. The molecule has 3 rings (SSSR count). The maximum atomic E-state index is 11.8. The zero-order valence-corrected chi connectivity index (χ0v) is 14.9. The molecule has 0 aromatic heterocycles. The predicted octanol–water partition coefficient (Wildman–Crippen LogP) is 2.85. The van der Waals surface area contributed by atoms with E-state index in [9.17, 15) is 9.59 Å². The first-order valence-electron chi connectivity index (χ1n) is 9.24. The minimum Gasteiger partial charge on any atom is -0.490 e. The quantitative estimate of drug-likeness (QED) is 0.646. The fourth-order valence-electron chi connectivity index (χ4n) is 3.15. The van der Waals surface area contributed by atoms with Crippen LogP contribution >= 0.6 is 0 Å². The van der Waals surface area contributed by atoms with Gasteiger partial charge in [-0.05, 0) is 36.6 Å². The zero-order chi connectivity index (χ0) is 18.2. The lowest BCUT2D eigenvalue weighted by molar-refractivity contribution is -0.144. The van der Waals surface area contributed by atoms with Crippen LogP contribution in [-0.2, 0) is 14.3 Å². The maximum Gasteiger partial charge on any atom is 0.331 e. The smallest absolute Gasteiger partial charge is 0.331 e. The molecular formula is C20H25NO5. The number of carbonyl (C=O) groups excluding carboxylic acids is 2. The van der Waals surface area contributed by atoms with Gasteiger partial charge in [-0.25, -0.2) is 4.79 Å². The van der Waals surface area contributed by atoms with Gasteiger partial charge in [0.1, 0.15) is 0 Å². The van der Waals surface area contributed by atoms with Crippen molar-refractivity contribution in [2.45, 2.75) is 44.6 Å². The molecular weight excluding hydrogens is 334 g/mol. The van der Waals surface area contributed by atoms with Crippen LogP contribution in [0.15, 0.2) is 24.3 Å². The van der Waals surface area contributed by atoms with Crippen molar-refractivity contribution in [1.82, 2.24) is 5.32 Å². The van der Waals surface area contributed by atoms with Gasteiger partial charge in [0.05, 0.1) is 13.2 Å². The number of hydrogen-bond acceptors (Lipinski definition) is 5. The summed E-state index contributed by atoms with van der Waals surface area (Å²) in [5, 5.41) is 2.92. The Balaban J connectivity index is 1.45. The number of nitrogens with one attached hydrogen (secondary N) is 1. The van der Waals surface area contributed by atoms with Crippen LogP contribution < -0.4 is 14.8 Å². The Morgan fingerprint density at radius 2 is 1.85 bits per heavy atom. The Bertz CT molecular complexity index is 664. The van der Waals surface area contributed by atoms with E-state index >= 15 is 0 Å². The second-order valence-electron chi connectivity index (χ2n) is 6.60. The second kappa shape index (κ2) is 9.27. The van der Waals surface area contributed by atoms with Crippen molar-refractivity contribution in [3.63, 3.8) is 0 Å². The van der Waals surface area contributed by atoms with Crippen LogP contribution in [0.1, 0.15) is 44.1 Å². The van der Waals surface area contributed by atoms with Gasteiger partial charge in [-0.2, -0.15) is 0 Å². The summed E-state index contributed by atoms with van der Waals surface area (Å²) in [4.78, 5) is 23.7. The molecule has 0 bridgehead atoms. The average Bonchev–Trinajstić information content (AvgIpc) is 2.90. The number of ether oxygens (including phenoxy) is 3. The van der Waals surface area contributed by atoms with Crippen LogP contribution in [0, 0.1) is 0 Å². The van der Waals surface area contributed by atoms with Crippen LogP contribution in [-0.4, -0.2) is 37.7 Å². The molecule has 1 N–H and O–H groups in total. The van der Waals surface area contributed by atoms with Gasteiger partial charge < -0.3 is 19.5 Å². The van der Waals surface area contributed by atoms with E-state index in [2.05, 4.69) is 5.32 Å². The zero-order valence-electron chi connectivity index (χ0n) is 14.9. The van der Waals surface area contributed by atoms with E-state index in [0.29, 0.717) is 24.7 Å². The fourth-order valence-corrected chi connectivity index (χ4v) is 3.15. The maximum absolute atomic E-state index is 11.8. The number of esters is 1. The summed E-state index contributed by atoms with van der Waals surface area (Å²) >= 11 is 0. The van der Waals surface area contributed by atoms with Gasteiger partial charge in [0.15, 0.2) is 18.1 Å². The third-order valence-electron chi connectivity index (χ3n) is 4.50. The van der Waals surface area contributed by atoms with Gasteiger partial charge in [-0.1, -0.05) is 25.3 Å². The molecule has 6 heteroatoms. The first-order chi connectivity index (χ1) is 12.7. The number of carbonyl (C=O) groups is 2. The summed E-state index contributed by atoms with van der Waals surface area (Å²) in [6.07, 6.45) is 9.31. The Kier molecular flexibility index (Phi) is 6.52. The van der Waals surface area contributed by atoms with Gasteiger partial charge in [0.25, 0.3) is 5.91 Å². The van der Waals surface area contributed by atoms with E-state index < -0.39 is 5.97 Å². The highest BCUT2D eigenvalue weighted by molar-refractivity contribution is 5.89. The van der Waals surface area contributed by atoms with Crippen LogP contribution in [0.2, 0.25) is 0 Å². The summed E-state index contributed by atoms with van der Waals surface area (Å²) in [5.41, 5.74) is 0.804. The molecule has 1 fully saturated rings. The molecule has 0 spiro atoms. The van der Waals surface area contributed by atoms with Crippen molar-refractivity contribution in [3.05, 3.63) is 29.8 Å². The van der Waals surface area contributed by atoms with E-state index in [1.165, 1.54) is 12.5 Å². The highest BCUT2D eigenvalue weighted by Crippen LogP contribution is 2.30. The third kappa shape index (κ3) is 5.51. The molecule has 6 nitrogen and oxygen atoms in total. The minimum absolute atomic E-state index is 0.215. The SMILES string of the molecule is O=C(COC(=O)/C=C/c1ccc2c(c1)OCCCO2)NC1CCCCC1. The van der Waals surface area contributed by atoms with Crippen molar-refractivity contribution in [3.8, 4) is 11.5 Å². The Morgan fingerprint density at radius 3 is 2.65 bits per heavy atom. The highest BCUT2D eigenvalue weighted by Gasteiger charge is 2.16. The van der Waals surface area contributed by atoms with E-state index in [1.807, 2.05) is 18.2 Å². The van der Waals surface area contributed by atoms with Crippen LogP contribution in [0.25, 0.3) is 6.08 Å². The Hall–Kier alpha value is -2.50. The summed E-state index contributed by atoms with van der Waals surface area (Å²) < 4.78 is 16.2. The van der Waals surface area contributed by atoms with E-state index in [0.717, 1.165) is 37.7 Å². The topological polar surface area (TPSA) is 73.9 Å². The third-order valence-corrected chi connectivity index (χ3v) is 4.50. The van der Waals surface area contributed by atoms with E-state index in [-0.39, 0.29) is 18.6 Å². The van der Waals surface area contributed by atoms with Gasteiger partial charge in [-0.3, -0.25) is 4.79 Å². The van der Waals surface area contributed by atoms with Gasteiger partial charge in [0, 0.05) is 18.5 Å². The summed E-state index contributed by atoms with van der Waals surface area (Å²) in [6, 6.07) is 5.70. The van der Waals surface area contributed by atoms with Crippen molar-refractivity contribution in [2.24, 2.45) is 0 Å². The first-order valence-corrected chi connectivity index (χ1v) is 9.24. The molecule has 1 aromatic rings. The number of rotatable bonds is 5. The largest absolute Gasteiger partial charge is 0.490 e. The average molecular weight is 359 g/mol. The molecule has 0 radical (unpaired) electrons. The lowest BCUT2D eigenvalue weighted by atomic mass is 9.95. The molecule has 1 aliphatic heterocycles. The van der Waals surface area contributed by atoms with Gasteiger partial charge >= 0.3 is 5.97 Å². The number of amides is 1. The standard InChI is InChI=1S/C20H25NO5/c22-19(21-16-5-2-1-3-6-16)14-26-20(23)10-8-15-7-9-17-18(13-15)25-12-4-11-24-17/h7-10,13,16H,1-6,11-12,14H2,(H,21,22)/b10-8+. The molecule has 0 atom stereocenters. The molecule has 1 aliphatic carbocycles. The second-order valence-corrected chi connectivity index (χ2v) is 6.60. The molecule has 1 heterocycles.